The van der Waals surface area contributed by atoms with Gasteiger partial charge in [0.15, 0.2) is 0 Å². The fourth-order valence-corrected chi connectivity index (χ4v) is 3.79. The van der Waals surface area contributed by atoms with Gasteiger partial charge in [-0.1, -0.05) is 58.0 Å². The van der Waals surface area contributed by atoms with Crippen LogP contribution in [0.1, 0.15) is 67.3 Å². The third-order valence-corrected chi connectivity index (χ3v) is 4.62. The lowest BCUT2D eigenvalue weighted by atomic mass is 9.83. The Morgan fingerprint density at radius 1 is 0.900 bits per heavy atom. The fraction of sp³-hybridized carbons (Fsp3) is 0.400. The average Bonchev–Trinajstić information content (AvgIpc) is 2.75. The van der Waals surface area contributed by atoms with E-state index in [4.69, 9.17) is 0 Å². The maximum atomic E-state index is 2.46. The molecule has 0 heterocycles. The summed E-state index contributed by atoms with van der Waals surface area (Å²) < 4.78 is 0. The first-order valence-electron chi connectivity index (χ1n) is 7.75. The summed E-state index contributed by atoms with van der Waals surface area (Å²) in [5.41, 5.74) is 10.6. The molecule has 0 amide bonds. The lowest BCUT2D eigenvalue weighted by Crippen LogP contribution is -2.03. The molecule has 20 heavy (non-hydrogen) atoms. The largest absolute Gasteiger partial charge is 0.0619 e. The molecular formula is C20H24. The molecule has 0 nitrogen and oxygen atoms in total. The molecule has 104 valence electrons. The van der Waals surface area contributed by atoms with Gasteiger partial charge in [-0.3, -0.25) is 0 Å². The predicted octanol–water partition coefficient (Wildman–Crippen LogP) is 5.81. The van der Waals surface area contributed by atoms with Crippen LogP contribution in [-0.2, 0) is 6.42 Å². The Bertz CT molecular complexity index is 660. The molecule has 0 heteroatoms. The number of rotatable bonds is 2. The van der Waals surface area contributed by atoms with Crippen molar-refractivity contribution in [3.8, 4) is 11.1 Å². The monoisotopic (exact) mass is 264 g/mol. The standard InChI is InChI=1S/C20H24/c1-12(2)18-11-16-10-15-8-6-7-9-17(15)20(16)19(13(3)4)14(18)5/h6-9,11-13H,10H2,1-5H3. The van der Waals surface area contributed by atoms with Gasteiger partial charge in [-0.15, -0.1) is 0 Å². The summed E-state index contributed by atoms with van der Waals surface area (Å²) in [4.78, 5) is 0. The van der Waals surface area contributed by atoms with E-state index in [0.717, 1.165) is 6.42 Å². The van der Waals surface area contributed by atoms with E-state index in [1.165, 1.54) is 33.4 Å². The van der Waals surface area contributed by atoms with Crippen LogP contribution in [0.25, 0.3) is 11.1 Å². The molecule has 2 aromatic rings. The molecule has 0 N–H and O–H groups in total. The highest BCUT2D eigenvalue weighted by molar-refractivity contribution is 5.81. The quantitative estimate of drug-likeness (QED) is 0.547. The SMILES string of the molecule is Cc1c(C(C)C)cc2c(c1C(C)C)-c1ccccc1C2. The van der Waals surface area contributed by atoms with Crippen LogP contribution in [0, 0.1) is 6.92 Å². The molecule has 0 aromatic heterocycles. The molecular weight excluding hydrogens is 240 g/mol. The second-order valence-corrected chi connectivity index (χ2v) is 6.68. The van der Waals surface area contributed by atoms with Crippen molar-refractivity contribution >= 4 is 0 Å². The molecule has 2 aromatic carbocycles. The zero-order valence-corrected chi connectivity index (χ0v) is 13.2. The molecule has 0 bridgehead atoms. The third kappa shape index (κ3) is 1.90. The van der Waals surface area contributed by atoms with Crippen LogP contribution in [0.15, 0.2) is 30.3 Å². The molecule has 0 saturated carbocycles. The summed E-state index contributed by atoms with van der Waals surface area (Å²) >= 11 is 0. The molecule has 1 aliphatic carbocycles. The summed E-state index contributed by atoms with van der Waals surface area (Å²) in [6.07, 6.45) is 1.10. The molecule has 3 rings (SSSR count). The zero-order chi connectivity index (χ0) is 14.4. The minimum atomic E-state index is 0.577. The van der Waals surface area contributed by atoms with Crippen molar-refractivity contribution in [1.82, 2.24) is 0 Å². The highest BCUT2D eigenvalue weighted by Crippen LogP contribution is 2.44. The summed E-state index contributed by atoms with van der Waals surface area (Å²) in [7, 11) is 0. The molecule has 0 fully saturated rings. The molecule has 1 aliphatic rings. The molecule has 0 unspecified atom stereocenters. The van der Waals surface area contributed by atoms with Crippen LogP contribution in [0.3, 0.4) is 0 Å². The average molecular weight is 264 g/mol. The van der Waals surface area contributed by atoms with E-state index in [9.17, 15) is 0 Å². The molecule has 0 saturated heterocycles. The first-order valence-corrected chi connectivity index (χ1v) is 7.75. The van der Waals surface area contributed by atoms with Crippen LogP contribution in [-0.4, -0.2) is 0 Å². The van der Waals surface area contributed by atoms with Crippen molar-refractivity contribution in [1.29, 1.82) is 0 Å². The second-order valence-electron chi connectivity index (χ2n) is 6.68. The van der Waals surface area contributed by atoms with E-state index in [-0.39, 0.29) is 0 Å². The van der Waals surface area contributed by atoms with Crippen LogP contribution in [0.5, 0.6) is 0 Å². The smallest absolute Gasteiger partial charge is 0.00132 e. The van der Waals surface area contributed by atoms with Crippen LogP contribution in [0.4, 0.5) is 0 Å². The van der Waals surface area contributed by atoms with Gasteiger partial charge in [-0.05, 0) is 64.1 Å². The van der Waals surface area contributed by atoms with Gasteiger partial charge < -0.3 is 0 Å². The highest BCUT2D eigenvalue weighted by atomic mass is 14.3. The van der Waals surface area contributed by atoms with E-state index >= 15 is 0 Å². The maximum absolute atomic E-state index is 2.46. The Morgan fingerprint density at radius 2 is 1.60 bits per heavy atom. The number of benzene rings is 2. The van der Waals surface area contributed by atoms with Gasteiger partial charge in [0.25, 0.3) is 0 Å². The Balaban J connectivity index is 2.34. The maximum Gasteiger partial charge on any atom is -0.00132 e. The van der Waals surface area contributed by atoms with Crippen molar-refractivity contribution < 1.29 is 0 Å². The van der Waals surface area contributed by atoms with Crippen molar-refractivity contribution in [2.24, 2.45) is 0 Å². The van der Waals surface area contributed by atoms with Gasteiger partial charge in [0.05, 0.1) is 0 Å². The third-order valence-electron chi connectivity index (χ3n) is 4.62. The number of hydrogen-bond acceptors (Lipinski definition) is 0. The molecule has 0 spiro atoms. The van der Waals surface area contributed by atoms with E-state index in [0.29, 0.717) is 11.8 Å². The fourth-order valence-electron chi connectivity index (χ4n) is 3.79. The molecule has 0 radical (unpaired) electrons. The minimum Gasteiger partial charge on any atom is -0.0619 e. The Morgan fingerprint density at radius 3 is 2.25 bits per heavy atom. The normalized spacial score (nSPS) is 12.9. The van der Waals surface area contributed by atoms with E-state index in [1.54, 1.807) is 5.56 Å². The van der Waals surface area contributed by atoms with E-state index in [2.05, 4.69) is 65.0 Å². The van der Waals surface area contributed by atoms with Gasteiger partial charge >= 0.3 is 0 Å². The van der Waals surface area contributed by atoms with Gasteiger partial charge in [0, 0.05) is 0 Å². The van der Waals surface area contributed by atoms with Crippen molar-refractivity contribution in [2.45, 2.75) is 52.9 Å². The van der Waals surface area contributed by atoms with Gasteiger partial charge in [0.2, 0.25) is 0 Å². The van der Waals surface area contributed by atoms with E-state index in [1.807, 2.05) is 0 Å². The Hall–Kier alpha value is -1.56. The van der Waals surface area contributed by atoms with Crippen molar-refractivity contribution in [2.75, 3.05) is 0 Å². The summed E-state index contributed by atoms with van der Waals surface area (Å²) in [6.45, 7) is 11.6. The lowest BCUT2D eigenvalue weighted by Gasteiger charge is -2.22. The highest BCUT2D eigenvalue weighted by Gasteiger charge is 2.25. The molecule has 0 aliphatic heterocycles. The van der Waals surface area contributed by atoms with Gasteiger partial charge in [0.1, 0.15) is 0 Å². The van der Waals surface area contributed by atoms with E-state index < -0.39 is 0 Å². The van der Waals surface area contributed by atoms with Gasteiger partial charge in [-0.25, -0.2) is 0 Å². The first-order chi connectivity index (χ1) is 9.50. The summed E-state index contributed by atoms with van der Waals surface area (Å²) in [6, 6.07) is 11.4. The zero-order valence-electron chi connectivity index (χ0n) is 13.2. The molecule has 0 atom stereocenters. The number of hydrogen-bond donors (Lipinski definition) is 0. The Labute approximate surface area is 122 Å². The lowest BCUT2D eigenvalue weighted by molar-refractivity contribution is 0.816. The van der Waals surface area contributed by atoms with Crippen LogP contribution in [0.2, 0.25) is 0 Å². The second kappa shape index (κ2) is 4.77. The van der Waals surface area contributed by atoms with Gasteiger partial charge in [-0.2, -0.15) is 0 Å². The first kappa shape index (κ1) is 13.4. The van der Waals surface area contributed by atoms with Crippen LogP contribution < -0.4 is 0 Å². The predicted molar refractivity (Wildman–Crippen MR) is 87.6 cm³/mol. The topological polar surface area (TPSA) is 0 Å². The Kier molecular flexibility index (Phi) is 3.20. The summed E-state index contributed by atoms with van der Waals surface area (Å²) in [5, 5.41) is 0. The van der Waals surface area contributed by atoms with Crippen LogP contribution >= 0.6 is 0 Å². The minimum absolute atomic E-state index is 0.577. The summed E-state index contributed by atoms with van der Waals surface area (Å²) in [5.74, 6) is 1.18. The van der Waals surface area contributed by atoms with Crippen molar-refractivity contribution in [3.63, 3.8) is 0 Å². The van der Waals surface area contributed by atoms with Crippen molar-refractivity contribution in [3.05, 3.63) is 58.1 Å². The number of fused-ring (bicyclic) bond motifs is 3.